The van der Waals surface area contributed by atoms with Gasteiger partial charge in [0.1, 0.15) is 18.9 Å². The highest BCUT2D eigenvalue weighted by atomic mass is 32.2. The monoisotopic (exact) mass is 916 g/mol. The van der Waals surface area contributed by atoms with Crippen LogP contribution in [0.2, 0.25) is 0 Å². The van der Waals surface area contributed by atoms with Gasteiger partial charge in [0, 0.05) is 9.79 Å². The maximum atomic E-state index is 9.89. The molecule has 0 saturated heterocycles. The smallest absolute Gasteiger partial charge is 0.361 e. The molecule has 0 fully saturated rings. The van der Waals surface area contributed by atoms with Crippen LogP contribution in [0.15, 0.2) is 198 Å². The zero-order valence-electron chi connectivity index (χ0n) is 38.2. The van der Waals surface area contributed by atoms with Gasteiger partial charge in [-0.15, -0.1) is 0 Å². The largest absolute Gasteiger partial charge is 0.867 e. The van der Waals surface area contributed by atoms with Gasteiger partial charge in [0.05, 0.1) is 70.5 Å². The number of hydrogen-bond acceptors (Lipinski definition) is 6. The van der Waals surface area contributed by atoms with Crippen LogP contribution in [0.4, 0.5) is 4.32 Å². The molecule has 2 heterocycles. The number of rotatable bonds is 14. The van der Waals surface area contributed by atoms with Crippen LogP contribution in [0.3, 0.4) is 0 Å². The van der Waals surface area contributed by atoms with Gasteiger partial charge in [0.25, 0.3) is 0 Å². The molecule has 6 nitrogen and oxygen atoms in total. The number of benzene rings is 6. The number of hydrogen-bond donors (Lipinski definition) is 0. The summed E-state index contributed by atoms with van der Waals surface area (Å²) in [5, 5.41) is 16.6. The topological polar surface area (TPSA) is 87.2 Å². The summed E-state index contributed by atoms with van der Waals surface area (Å²) < 4.78 is 33.8. The zero-order valence-corrected chi connectivity index (χ0v) is 39.8. The second kappa shape index (κ2) is 24.9. The molecule has 66 heavy (non-hydrogen) atoms. The first-order valence-electron chi connectivity index (χ1n) is 22.0. The van der Waals surface area contributed by atoms with E-state index < -0.39 is 7.40 Å². The molecule has 6 aromatic carbocycles. The van der Waals surface area contributed by atoms with Crippen molar-refractivity contribution in [2.45, 2.75) is 73.0 Å². The Morgan fingerprint density at radius 2 is 0.667 bits per heavy atom. The van der Waals surface area contributed by atoms with Gasteiger partial charge in [-0.05, 0) is 121 Å². The third kappa shape index (κ3) is 13.9. The molecule has 0 atom stereocenters. The van der Waals surface area contributed by atoms with Gasteiger partial charge in [-0.1, -0.05) is 124 Å². The van der Waals surface area contributed by atoms with Crippen molar-refractivity contribution >= 4 is 30.9 Å². The van der Waals surface area contributed by atoms with E-state index in [1.165, 1.54) is 22.3 Å². The fourth-order valence-electron chi connectivity index (χ4n) is 6.92. The molecule has 0 saturated carbocycles. The maximum Gasteiger partial charge on any atom is 0.361 e. The molecule has 0 aliphatic rings. The average molecular weight is 917 g/mol. The van der Waals surface area contributed by atoms with Gasteiger partial charge in [-0.3, -0.25) is 0 Å². The van der Waals surface area contributed by atoms with E-state index in [2.05, 4.69) is 161 Å². The Morgan fingerprint density at radius 3 is 0.894 bits per heavy atom. The van der Waals surface area contributed by atoms with Crippen LogP contribution in [0.1, 0.15) is 49.9 Å². The first-order valence-corrected chi connectivity index (χ1v) is 23.7. The van der Waals surface area contributed by atoms with Crippen molar-refractivity contribution in [3.05, 3.63) is 192 Å². The van der Waals surface area contributed by atoms with Crippen molar-refractivity contribution in [2.75, 3.05) is 14.2 Å². The molecule has 0 aliphatic carbocycles. The van der Waals surface area contributed by atoms with Gasteiger partial charge in [-0.2, -0.15) is 0 Å². The molecular weight excluding hydrogens is 863 g/mol. The fourth-order valence-corrected chi connectivity index (χ4v) is 8.89. The Bertz CT molecular complexity index is 2430. The Morgan fingerprint density at radius 1 is 0.424 bits per heavy atom. The molecule has 0 N–H and O–H groups in total. The summed E-state index contributed by atoms with van der Waals surface area (Å²) in [5.41, 5.74) is 9.57. The molecule has 0 radical (unpaired) electrons. The molecule has 2 aromatic heterocycles. The minimum atomic E-state index is -3.17. The number of para-hydroxylation sites is 2. The van der Waals surface area contributed by atoms with E-state index in [0.717, 1.165) is 102 Å². The Balaban J connectivity index is 0.000000202. The van der Waals surface area contributed by atoms with Crippen LogP contribution in [0.25, 0.3) is 45.3 Å². The van der Waals surface area contributed by atoms with Crippen LogP contribution >= 0.6 is 23.5 Å². The summed E-state index contributed by atoms with van der Waals surface area (Å²) in [5.74, 6) is 5.18. The molecule has 8 aromatic rings. The predicted molar refractivity (Wildman–Crippen MR) is 267 cm³/mol. The lowest BCUT2D eigenvalue weighted by Gasteiger charge is -2.09. The normalized spacial score (nSPS) is 10.6. The highest BCUT2D eigenvalue weighted by Crippen LogP contribution is 2.41. The summed E-state index contributed by atoms with van der Waals surface area (Å²) in [6.45, 7) is 8.67. The minimum Gasteiger partial charge on any atom is -0.867 e. The van der Waals surface area contributed by atoms with Crippen molar-refractivity contribution in [2.24, 2.45) is 0 Å². The van der Waals surface area contributed by atoms with Crippen LogP contribution in [0, 0.1) is 0 Å². The van der Waals surface area contributed by atoms with E-state index in [1.54, 1.807) is 37.7 Å². The van der Waals surface area contributed by atoms with E-state index >= 15 is 0 Å². The third-order valence-electron chi connectivity index (χ3n) is 10.7. The highest BCUT2D eigenvalue weighted by Gasteiger charge is 2.23. The van der Waals surface area contributed by atoms with Gasteiger partial charge in [0.2, 0.25) is 0 Å². The summed E-state index contributed by atoms with van der Waals surface area (Å²) >= 11 is 3.37. The molecule has 0 spiro atoms. The fraction of sp³-hybridized carbons (Fsp3) is 0.179. The predicted octanol–water partition coefficient (Wildman–Crippen LogP) is 14.0. The number of ether oxygens (including phenoxy) is 2. The summed E-state index contributed by atoms with van der Waals surface area (Å²) in [6.07, 6.45) is 4.10. The molecule has 0 amide bonds. The number of aryl methyl sites for hydroxylation is 4. The van der Waals surface area contributed by atoms with E-state index in [9.17, 15) is 4.32 Å². The SMILES string of the molecule is CCc1ccc(-c2cc(Sc3ccccc3OC)cc(-c3ccc(CC)cc3)[o+]2)cc1.CCc1ccc(-c2cc(Sc3ccccc3OC)cc(-c3ccc(CC)cc3)[o+]2)cc1.[O-]B([O-])F. The van der Waals surface area contributed by atoms with Crippen molar-refractivity contribution in [1.29, 1.82) is 0 Å². The first kappa shape index (κ1) is 49.3. The average Bonchev–Trinajstić information content (AvgIpc) is 3.36. The van der Waals surface area contributed by atoms with Gasteiger partial charge >= 0.3 is 23.0 Å². The summed E-state index contributed by atoms with van der Waals surface area (Å²) in [7, 11) is 0.252. The third-order valence-corrected chi connectivity index (χ3v) is 12.8. The van der Waals surface area contributed by atoms with Crippen LogP contribution < -0.4 is 19.5 Å². The second-order valence-electron chi connectivity index (χ2n) is 15.0. The van der Waals surface area contributed by atoms with Gasteiger partial charge in [0.15, 0.2) is 0 Å². The van der Waals surface area contributed by atoms with E-state index in [1.807, 2.05) is 36.4 Å². The highest BCUT2D eigenvalue weighted by molar-refractivity contribution is 7.99. The van der Waals surface area contributed by atoms with E-state index in [-0.39, 0.29) is 0 Å². The zero-order chi connectivity index (χ0) is 46.8. The van der Waals surface area contributed by atoms with Crippen LogP contribution in [0.5, 0.6) is 11.5 Å². The van der Waals surface area contributed by atoms with Crippen molar-refractivity contribution in [3.63, 3.8) is 0 Å². The molecule has 10 heteroatoms. The lowest BCUT2D eigenvalue weighted by molar-refractivity contribution is -0.366. The van der Waals surface area contributed by atoms with Gasteiger partial charge < -0.3 is 23.8 Å². The molecule has 336 valence electrons. The molecule has 0 aliphatic heterocycles. The molecular formula is C56H54BFO6S2. The maximum absolute atomic E-state index is 9.89. The quantitative estimate of drug-likeness (QED) is 0.0787. The Labute approximate surface area is 397 Å². The lowest BCUT2D eigenvalue weighted by Crippen LogP contribution is -2.39. The van der Waals surface area contributed by atoms with Crippen LogP contribution in [-0.4, -0.2) is 21.6 Å². The van der Waals surface area contributed by atoms with E-state index in [0.29, 0.717) is 0 Å². The Hall–Kier alpha value is -6.17. The Kier molecular flexibility index (Phi) is 18.6. The molecule has 0 unspecified atom stereocenters. The summed E-state index contributed by atoms with van der Waals surface area (Å²) in [6, 6.07) is 59.1. The van der Waals surface area contributed by atoms with E-state index in [4.69, 9.17) is 28.4 Å². The molecule has 8 rings (SSSR count). The minimum absolute atomic E-state index is 0.858. The summed E-state index contributed by atoms with van der Waals surface area (Å²) in [4.78, 5) is 4.38. The second-order valence-corrected chi connectivity index (χ2v) is 17.3. The first-order chi connectivity index (χ1) is 32.1. The standard InChI is InChI=1S/2C28H27O2S.BFO2/c2*1-4-20-10-14-22(15-11-20)26-18-24(31-28-9-7-6-8-25(28)29-3)19-27(30-26)23-16-12-21(5-2)13-17-23;2-1(3)4/h2*6-19H,4-5H2,1-3H3;/q2*+1;-2. The van der Waals surface area contributed by atoms with Crippen molar-refractivity contribution in [3.8, 4) is 56.8 Å². The van der Waals surface area contributed by atoms with Crippen molar-refractivity contribution < 1.29 is 32.7 Å². The van der Waals surface area contributed by atoms with Crippen LogP contribution in [-0.2, 0) is 25.7 Å². The number of methoxy groups -OCH3 is 2. The lowest BCUT2D eigenvalue weighted by atomic mass is 10.1. The van der Waals surface area contributed by atoms with Crippen molar-refractivity contribution in [1.82, 2.24) is 0 Å². The van der Waals surface area contributed by atoms with Gasteiger partial charge in [-0.25, -0.2) is 8.83 Å². The molecule has 0 bridgehead atoms. The number of halogens is 1.